The molecule has 62 valence electrons. The molecule has 0 saturated carbocycles. The molecule has 0 N–H and O–H groups in total. The van der Waals surface area contributed by atoms with Gasteiger partial charge in [-0.3, -0.25) is 4.79 Å². The van der Waals surface area contributed by atoms with Crippen molar-refractivity contribution in [3.63, 3.8) is 0 Å². The van der Waals surface area contributed by atoms with E-state index < -0.39 is 0 Å². The molecule has 0 rings (SSSR count). The maximum atomic E-state index is 9.99. The van der Waals surface area contributed by atoms with Gasteiger partial charge in [-0.05, 0) is 18.9 Å². The van der Waals surface area contributed by atoms with Crippen molar-refractivity contribution in [2.45, 2.75) is 33.1 Å². The third-order valence-electron chi connectivity index (χ3n) is 1.49. The average molecular weight is 152 g/mol. The molecule has 0 aliphatic carbocycles. The molecule has 1 nitrogen and oxygen atoms in total. The van der Waals surface area contributed by atoms with E-state index >= 15 is 0 Å². The van der Waals surface area contributed by atoms with Crippen molar-refractivity contribution >= 4 is 6.29 Å². The number of unbranched alkanes of at least 4 members (excludes halogenated alkanes) is 1. The van der Waals surface area contributed by atoms with Crippen LogP contribution in [0.3, 0.4) is 0 Å². The van der Waals surface area contributed by atoms with Gasteiger partial charge in [-0.15, -0.1) is 0 Å². The smallest absolute Gasteiger partial charge is 0.142 e. The lowest BCUT2D eigenvalue weighted by Crippen LogP contribution is -1.75. The molecule has 0 aromatic rings. The monoisotopic (exact) mass is 152 g/mol. The highest BCUT2D eigenvalue weighted by atomic mass is 16.1. The molecule has 0 aromatic heterocycles. The Labute approximate surface area is 68.8 Å². The summed E-state index contributed by atoms with van der Waals surface area (Å²) in [5, 5.41) is 0. The van der Waals surface area contributed by atoms with Crippen molar-refractivity contribution in [2.75, 3.05) is 0 Å². The zero-order chi connectivity index (χ0) is 8.53. The van der Waals surface area contributed by atoms with E-state index in [0.717, 1.165) is 19.1 Å². The van der Waals surface area contributed by atoms with Crippen LogP contribution >= 0.6 is 0 Å². The van der Waals surface area contributed by atoms with Gasteiger partial charge in [0.2, 0.25) is 0 Å². The fraction of sp³-hybridized carbons (Fsp3) is 0.500. The molecule has 0 fully saturated rings. The van der Waals surface area contributed by atoms with Gasteiger partial charge in [0.25, 0.3) is 0 Å². The Kier molecular flexibility index (Phi) is 6.70. The summed E-state index contributed by atoms with van der Waals surface area (Å²) >= 11 is 0. The lowest BCUT2D eigenvalue weighted by atomic mass is 10.1. The molecule has 0 bridgehead atoms. The minimum Gasteiger partial charge on any atom is -0.299 e. The molecular weight excluding hydrogens is 136 g/mol. The fourth-order valence-electron chi connectivity index (χ4n) is 0.823. The molecule has 0 saturated heterocycles. The van der Waals surface area contributed by atoms with Gasteiger partial charge in [-0.1, -0.05) is 38.0 Å². The van der Waals surface area contributed by atoms with Crippen LogP contribution in [0.4, 0.5) is 0 Å². The van der Waals surface area contributed by atoms with Gasteiger partial charge in [0, 0.05) is 0 Å². The summed E-state index contributed by atoms with van der Waals surface area (Å²) < 4.78 is 0. The molecule has 0 amide bonds. The first-order chi connectivity index (χ1) is 5.35. The molecule has 1 heteroatoms. The van der Waals surface area contributed by atoms with Crippen LogP contribution in [-0.2, 0) is 4.79 Å². The largest absolute Gasteiger partial charge is 0.299 e. The van der Waals surface area contributed by atoms with E-state index in [9.17, 15) is 4.79 Å². The van der Waals surface area contributed by atoms with Crippen LogP contribution in [0.5, 0.6) is 0 Å². The van der Waals surface area contributed by atoms with Crippen LogP contribution in [0.2, 0.25) is 0 Å². The molecular formula is C10H16O. The van der Waals surface area contributed by atoms with Gasteiger partial charge in [0.1, 0.15) is 6.29 Å². The number of aldehydes is 1. The lowest BCUT2D eigenvalue weighted by molar-refractivity contribution is -0.104. The summed E-state index contributed by atoms with van der Waals surface area (Å²) in [6.45, 7) is 4.24. The number of carbonyl (C=O) groups excluding carboxylic acids is 1. The molecule has 11 heavy (non-hydrogen) atoms. The van der Waals surface area contributed by atoms with Crippen LogP contribution in [-0.4, -0.2) is 6.29 Å². The van der Waals surface area contributed by atoms with Crippen molar-refractivity contribution in [2.24, 2.45) is 0 Å². The third-order valence-corrected chi connectivity index (χ3v) is 1.49. The van der Waals surface area contributed by atoms with Crippen molar-refractivity contribution in [3.8, 4) is 0 Å². The number of allylic oxidation sites excluding steroid dienone is 4. The van der Waals surface area contributed by atoms with Crippen LogP contribution in [0.15, 0.2) is 23.8 Å². The molecule has 0 radical (unpaired) electrons. The first kappa shape index (κ1) is 10.2. The first-order valence-corrected chi connectivity index (χ1v) is 4.16. The summed E-state index contributed by atoms with van der Waals surface area (Å²) in [5.74, 6) is 0. The highest BCUT2D eigenvalue weighted by Crippen LogP contribution is 2.04. The van der Waals surface area contributed by atoms with E-state index in [-0.39, 0.29) is 0 Å². The summed E-state index contributed by atoms with van der Waals surface area (Å²) in [7, 11) is 0. The van der Waals surface area contributed by atoms with Crippen molar-refractivity contribution in [1.82, 2.24) is 0 Å². The van der Waals surface area contributed by atoms with Gasteiger partial charge >= 0.3 is 0 Å². The molecule has 0 atom stereocenters. The average Bonchev–Trinajstić information content (AvgIpc) is 2.05. The van der Waals surface area contributed by atoms with E-state index in [1.807, 2.05) is 6.08 Å². The van der Waals surface area contributed by atoms with Gasteiger partial charge < -0.3 is 0 Å². The standard InChI is InChI=1S/C10H16O/c1-3-5-7-10(4-2)8-6-9-11/h6-9H,3-5H2,1-2H3/b8-6+,10-7?. The Morgan fingerprint density at radius 2 is 2.09 bits per heavy atom. The summed E-state index contributed by atoms with van der Waals surface area (Å²) in [6.07, 6.45) is 9.69. The minimum absolute atomic E-state index is 0.815. The van der Waals surface area contributed by atoms with Crippen LogP contribution < -0.4 is 0 Å². The molecule has 0 spiro atoms. The summed E-state index contributed by atoms with van der Waals surface area (Å²) in [5.41, 5.74) is 1.25. The van der Waals surface area contributed by atoms with Crippen LogP contribution in [0.25, 0.3) is 0 Å². The number of hydrogen-bond donors (Lipinski definition) is 0. The maximum absolute atomic E-state index is 9.99. The Morgan fingerprint density at radius 3 is 2.55 bits per heavy atom. The second kappa shape index (κ2) is 7.26. The first-order valence-electron chi connectivity index (χ1n) is 4.16. The van der Waals surface area contributed by atoms with Crippen LogP contribution in [0.1, 0.15) is 33.1 Å². The van der Waals surface area contributed by atoms with E-state index in [4.69, 9.17) is 0 Å². The Balaban J connectivity index is 3.92. The van der Waals surface area contributed by atoms with Gasteiger partial charge in [-0.25, -0.2) is 0 Å². The Hall–Kier alpha value is -0.850. The maximum Gasteiger partial charge on any atom is 0.142 e. The number of carbonyl (C=O) groups is 1. The second-order valence-electron chi connectivity index (χ2n) is 2.42. The molecule has 0 aliphatic rings. The zero-order valence-corrected chi connectivity index (χ0v) is 7.34. The van der Waals surface area contributed by atoms with Gasteiger partial charge in [0.05, 0.1) is 0 Å². The zero-order valence-electron chi connectivity index (χ0n) is 7.34. The quantitative estimate of drug-likeness (QED) is 0.336. The molecule has 0 heterocycles. The fourth-order valence-corrected chi connectivity index (χ4v) is 0.823. The van der Waals surface area contributed by atoms with Gasteiger partial charge in [-0.2, -0.15) is 0 Å². The summed E-state index contributed by atoms with van der Waals surface area (Å²) in [6, 6.07) is 0. The Bertz CT molecular complexity index is 154. The predicted octanol–water partition coefficient (Wildman–Crippen LogP) is 2.88. The van der Waals surface area contributed by atoms with Gasteiger partial charge in [0.15, 0.2) is 0 Å². The lowest BCUT2D eigenvalue weighted by Gasteiger charge is -1.94. The predicted molar refractivity (Wildman–Crippen MR) is 48.5 cm³/mol. The molecule has 0 unspecified atom stereocenters. The van der Waals surface area contributed by atoms with E-state index in [2.05, 4.69) is 19.9 Å². The van der Waals surface area contributed by atoms with E-state index in [1.165, 1.54) is 12.0 Å². The minimum atomic E-state index is 0.815. The molecule has 0 aromatic carbocycles. The van der Waals surface area contributed by atoms with E-state index in [0.29, 0.717) is 0 Å². The Morgan fingerprint density at radius 1 is 1.36 bits per heavy atom. The summed E-state index contributed by atoms with van der Waals surface area (Å²) in [4.78, 5) is 9.99. The SMILES string of the molecule is CCCC=C(/C=C/C=O)CC. The number of rotatable bonds is 5. The van der Waals surface area contributed by atoms with Crippen molar-refractivity contribution in [1.29, 1.82) is 0 Å². The van der Waals surface area contributed by atoms with E-state index in [1.54, 1.807) is 6.08 Å². The van der Waals surface area contributed by atoms with Crippen molar-refractivity contribution < 1.29 is 4.79 Å². The normalized spacial score (nSPS) is 12.4. The third kappa shape index (κ3) is 5.59. The topological polar surface area (TPSA) is 17.1 Å². The molecule has 0 aliphatic heterocycles. The van der Waals surface area contributed by atoms with Crippen molar-refractivity contribution in [3.05, 3.63) is 23.8 Å². The second-order valence-corrected chi connectivity index (χ2v) is 2.42. The highest BCUT2D eigenvalue weighted by Gasteiger charge is 1.85. The highest BCUT2D eigenvalue weighted by molar-refractivity contribution is 5.65. The number of hydrogen-bond acceptors (Lipinski definition) is 1. The van der Waals surface area contributed by atoms with Crippen LogP contribution in [0, 0.1) is 0 Å².